The van der Waals surface area contributed by atoms with Crippen LogP contribution < -0.4 is 14.4 Å². The van der Waals surface area contributed by atoms with Gasteiger partial charge in [0.2, 0.25) is 18.6 Å². The summed E-state index contributed by atoms with van der Waals surface area (Å²) in [6.45, 7) is 9.16. The van der Waals surface area contributed by atoms with Gasteiger partial charge in [0.15, 0.2) is 11.5 Å². The first-order valence-electron chi connectivity index (χ1n) is 11.2. The number of rotatable bonds is 8. The van der Waals surface area contributed by atoms with Gasteiger partial charge in [-0.15, -0.1) is 13.2 Å². The van der Waals surface area contributed by atoms with Crippen molar-refractivity contribution >= 4 is 28.5 Å². The van der Waals surface area contributed by atoms with Crippen LogP contribution in [0.15, 0.2) is 67.8 Å². The third-order valence-electron chi connectivity index (χ3n) is 6.19. The number of aromatic nitrogens is 2. The Hall–Kier alpha value is -4.07. The molecule has 2 aromatic carbocycles. The summed E-state index contributed by atoms with van der Waals surface area (Å²) < 4.78 is 12.8. The summed E-state index contributed by atoms with van der Waals surface area (Å²) in [5.74, 6) is 1.86. The molecule has 0 aliphatic carbocycles. The summed E-state index contributed by atoms with van der Waals surface area (Å²) in [5, 5.41) is 0. The number of fused-ring (bicyclic) bond motifs is 2. The van der Waals surface area contributed by atoms with Crippen molar-refractivity contribution in [2.45, 2.75) is 18.9 Å². The zero-order valence-corrected chi connectivity index (χ0v) is 18.9. The van der Waals surface area contributed by atoms with Gasteiger partial charge in [-0.3, -0.25) is 9.59 Å². The molecule has 1 fully saturated rings. The molecule has 2 aliphatic rings. The van der Waals surface area contributed by atoms with Gasteiger partial charge in [-0.25, -0.2) is 4.98 Å². The van der Waals surface area contributed by atoms with Crippen LogP contribution in [0.1, 0.15) is 18.2 Å². The Kier molecular flexibility index (Phi) is 5.79. The third kappa shape index (κ3) is 3.91. The van der Waals surface area contributed by atoms with E-state index in [0.717, 1.165) is 22.5 Å². The number of para-hydroxylation sites is 2. The molecule has 2 amide bonds. The van der Waals surface area contributed by atoms with E-state index < -0.39 is 0 Å². The molecular weight excluding hydrogens is 432 g/mol. The molecule has 3 aromatic rings. The molecule has 0 saturated carbocycles. The van der Waals surface area contributed by atoms with Crippen molar-refractivity contribution in [2.75, 3.05) is 31.3 Å². The van der Waals surface area contributed by atoms with Crippen LogP contribution in [0.25, 0.3) is 11.0 Å². The average Bonchev–Trinajstić information content (AvgIpc) is 3.55. The van der Waals surface area contributed by atoms with Gasteiger partial charge >= 0.3 is 0 Å². The maximum atomic E-state index is 13.1. The van der Waals surface area contributed by atoms with E-state index in [-0.39, 0.29) is 31.1 Å². The van der Waals surface area contributed by atoms with Crippen LogP contribution in [0.3, 0.4) is 0 Å². The van der Waals surface area contributed by atoms with Crippen LogP contribution in [0, 0.1) is 0 Å². The fourth-order valence-electron chi connectivity index (χ4n) is 4.58. The van der Waals surface area contributed by atoms with Crippen molar-refractivity contribution < 1.29 is 19.1 Å². The first kappa shape index (κ1) is 21.8. The topological polar surface area (TPSA) is 76.9 Å². The summed E-state index contributed by atoms with van der Waals surface area (Å²) in [6.07, 6.45) is 3.72. The van der Waals surface area contributed by atoms with Gasteiger partial charge in [0, 0.05) is 43.7 Å². The Morgan fingerprint density at radius 3 is 2.68 bits per heavy atom. The van der Waals surface area contributed by atoms with E-state index in [9.17, 15) is 9.59 Å². The van der Waals surface area contributed by atoms with Gasteiger partial charge in [-0.05, 0) is 24.3 Å². The summed E-state index contributed by atoms with van der Waals surface area (Å²) in [5.41, 5.74) is 2.44. The molecule has 8 nitrogen and oxygen atoms in total. The minimum atomic E-state index is -0.148. The van der Waals surface area contributed by atoms with E-state index in [0.29, 0.717) is 37.6 Å². The molecule has 0 radical (unpaired) electrons. The smallest absolute Gasteiger partial charge is 0.243 e. The van der Waals surface area contributed by atoms with Crippen molar-refractivity contribution in [1.29, 1.82) is 0 Å². The molecular formula is C26H26N4O4. The fourth-order valence-corrected chi connectivity index (χ4v) is 4.58. The van der Waals surface area contributed by atoms with Crippen molar-refractivity contribution in [3.8, 4) is 11.5 Å². The Morgan fingerprint density at radius 1 is 1.12 bits per heavy atom. The van der Waals surface area contributed by atoms with Gasteiger partial charge in [0.1, 0.15) is 12.4 Å². The van der Waals surface area contributed by atoms with Crippen LogP contribution in [-0.2, 0) is 16.1 Å². The number of imidazole rings is 1. The fraction of sp³-hybridized carbons (Fsp3) is 0.269. The van der Waals surface area contributed by atoms with Crippen LogP contribution in [0.5, 0.6) is 11.5 Å². The van der Waals surface area contributed by atoms with E-state index >= 15 is 0 Å². The monoisotopic (exact) mass is 458 g/mol. The van der Waals surface area contributed by atoms with E-state index in [1.807, 2.05) is 47.0 Å². The number of nitrogens with zero attached hydrogens (tertiary/aromatic N) is 4. The quantitative estimate of drug-likeness (QED) is 0.483. The number of hydrogen-bond donors (Lipinski definition) is 0. The zero-order chi connectivity index (χ0) is 23.7. The molecule has 0 bridgehead atoms. The highest BCUT2D eigenvalue weighted by molar-refractivity contribution is 5.97. The van der Waals surface area contributed by atoms with Crippen molar-refractivity contribution in [2.24, 2.45) is 0 Å². The molecule has 0 spiro atoms. The van der Waals surface area contributed by atoms with Crippen molar-refractivity contribution in [1.82, 2.24) is 14.5 Å². The van der Waals surface area contributed by atoms with Gasteiger partial charge in [0.05, 0.1) is 11.0 Å². The van der Waals surface area contributed by atoms with Crippen LogP contribution in [0.2, 0.25) is 0 Å². The molecule has 34 heavy (non-hydrogen) atoms. The SMILES string of the molecule is C=CCN(CC=C)C(=O)Cn1c(C2CC(=O)N(c3ccc4c(c3)OCO4)C2)nc2ccccc21. The predicted octanol–water partition coefficient (Wildman–Crippen LogP) is 3.49. The lowest BCUT2D eigenvalue weighted by Crippen LogP contribution is -2.34. The molecule has 1 saturated heterocycles. The molecule has 2 aliphatic heterocycles. The Bertz CT molecular complexity index is 1270. The molecule has 1 aromatic heterocycles. The second kappa shape index (κ2) is 9.05. The molecule has 174 valence electrons. The molecule has 3 heterocycles. The molecule has 1 atom stereocenters. The maximum Gasteiger partial charge on any atom is 0.243 e. The first-order chi connectivity index (χ1) is 16.6. The number of anilines is 1. The number of carbonyl (C=O) groups excluding carboxylic acids is 2. The van der Waals surface area contributed by atoms with Gasteiger partial charge < -0.3 is 23.8 Å². The van der Waals surface area contributed by atoms with E-state index in [4.69, 9.17) is 14.5 Å². The number of ether oxygens (including phenoxy) is 2. The molecule has 5 rings (SSSR count). The average molecular weight is 459 g/mol. The number of benzene rings is 2. The van der Waals surface area contributed by atoms with E-state index in [2.05, 4.69) is 13.2 Å². The molecule has 0 N–H and O–H groups in total. The number of amides is 2. The summed E-state index contributed by atoms with van der Waals surface area (Å²) in [6, 6.07) is 13.2. The maximum absolute atomic E-state index is 13.1. The lowest BCUT2D eigenvalue weighted by Gasteiger charge is -2.21. The third-order valence-corrected chi connectivity index (χ3v) is 6.19. The number of carbonyl (C=O) groups is 2. The Balaban J connectivity index is 1.45. The zero-order valence-electron chi connectivity index (χ0n) is 18.9. The highest BCUT2D eigenvalue weighted by Crippen LogP contribution is 2.39. The normalized spacial score (nSPS) is 16.8. The Labute approximate surface area is 197 Å². The van der Waals surface area contributed by atoms with Crippen LogP contribution in [0.4, 0.5) is 5.69 Å². The highest BCUT2D eigenvalue weighted by atomic mass is 16.7. The standard InChI is InChI=1S/C26H26N4O4/c1-3-11-28(12-4-2)25(32)16-30-21-8-6-5-7-20(21)27-26(30)18-13-24(31)29(15-18)19-9-10-22-23(14-19)34-17-33-22/h3-10,14,18H,1-2,11-13,15-17H2. The Morgan fingerprint density at radius 2 is 1.88 bits per heavy atom. The van der Waals surface area contributed by atoms with Gasteiger partial charge in [0.25, 0.3) is 0 Å². The lowest BCUT2D eigenvalue weighted by atomic mass is 10.1. The minimum absolute atomic E-state index is 0.00809. The summed E-state index contributed by atoms with van der Waals surface area (Å²) in [7, 11) is 0. The number of hydrogen-bond acceptors (Lipinski definition) is 5. The van der Waals surface area contributed by atoms with Crippen LogP contribution in [-0.4, -0.2) is 52.7 Å². The molecule has 1 unspecified atom stereocenters. The van der Waals surface area contributed by atoms with E-state index in [1.165, 1.54) is 0 Å². The van der Waals surface area contributed by atoms with E-state index in [1.54, 1.807) is 22.0 Å². The van der Waals surface area contributed by atoms with Gasteiger partial charge in [-0.2, -0.15) is 0 Å². The predicted molar refractivity (Wildman–Crippen MR) is 129 cm³/mol. The lowest BCUT2D eigenvalue weighted by molar-refractivity contribution is -0.130. The minimum Gasteiger partial charge on any atom is -0.454 e. The van der Waals surface area contributed by atoms with Crippen molar-refractivity contribution in [3.63, 3.8) is 0 Å². The summed E-state index contributed by atoms with van der Waals surface area (Å²) >= 11 is 0. The second-order valence-corrected chi connectivity index (χ2v) is 8.36. The second-order valence-electron chi connectivity index (χ2n) is 8.36. The summed E-state index contributed by atoms with van der Waals surface area (Å²) in [4.78, 5) is 34.4. The molecule has 8 heteroatoms. The van der Waals surface area contributed by atoms with Crippen LogP contribution >= 0.6 is 0 Å². The largest absolute Gasteiger partial charge is 0.454 e. The first-order valence-corrected chi connectivity index (χ1v) is 11.2. The highest BCUT2D eigenvalue weighted by Gasteiger charge is 2.36. The van der Waals surface area contributed by atoms with Crippen molar-refractivity contribution in [3.05, 3.63) is 73.6 Å². The van der Waals surface area contributed by atoms with Gasteiger partial charge in [-0.1, -0.05) is 24.3 Å².